The highest BCUT2D eigenvalue weighted by molar-refractivity contribution is 6.74. The van der Waals surface area contributed by atoms with Crippen molar-refractivity contribution in [3.63, 3.8) is 0 Å². The first-order valence-electron chi connectivity index (χ1n) is 11.8. The van der Waals surface area contributed by atoms with Gasteiger partial charge in [0.2, 0.25) is 5.75 Å². The van der Waals surface area contributed by atoms with Crippen molar-refractivity contribution in [2.75, 3.05) is 28.4 Å². The maximum Gasteiger partial charge on any atom is 0.250 e. The van der Waals surface area contributed by atoms with Crippen molar-refractivity contribution in [3.05, 3.63) is 65.7 Å². The molecule has 0 N–H and O–H groups in total. The zero-order chi connectivity index (χ0) is 26.7. The molecule has 0 aliphatic rings. The van der Waals surface area contributed by atoms with Crippen molar-refractivity contribution in [1.82, 2.24) is 0 Å². The summed E-state index contributed by atoms with van der Waals surface area (Å²) in [4.78, 5) is 13.7. The van der Waals surface area contributed by atoms with E-state index in [1.165, 1.54) is 21.3 Å². The van der Waals surface area contributed by atoms with Gasteiger partial charge in [0.1, 0.15) is 11.5 Å². The quantitative estimate of drug-likeness (QED) is 0.229. The normalized spacial score (nSPS) is 11.6. The van der Waals surface area contributed by atoms with E-state index in [4.69, 9.17) is 23.4 Å². The Morgan fingerprint density at radius 1 is 0.722 bits per heavy atom. The summed E-state index contributed by atoms with van der Waals surface area (Å²) >= 11 is 0. The lowest BCUT2D eigenvalue weighted by Crippen LogP contribution is -2.43. The first kappa shape index (κ1) is 27.1. The lowest BCUT2D eigenvalue weighted by atomic mass is 9.96. The average molecular weight is 509 g/mol. The molecule has 0 aromatic heterocycles. The molecular formula is C29H36O6Si. The largest absolute Gasteiger partial charge is 0.543 e. The average Bonchev–Trinajstić information content (AvgIpc) is 2.86. The molecule has 192 valence electrons. The fourth-order valence-corrected chi connectivity index (χ4v) is 4.68. The predicted octanol–water partition coefficient (Wildman–Crippen LogP) is 7.00. The van der Waals surface area contributed by atoms with Crippen molar-refractivity contribution in [2.24, 2.45) is 0 Å². The Kier molecular flexibility index (Phi) is 8.04. The van der Waals surface area contributed by atoms with E-state index < -0.39 is 8.32 Å². The minimum absolute atomic E-state index is 0.0492. The molecule has 0 unspecified atom stereocenters. The van der Waals surface area contributed by atoms with Crippen LogP contribution in [0.2, 0.25) is 18.1 Å². The van der Waals surface area contributed by atoms with Crippen LogP contribution >= 0.6 is 0 Å². The van der Waals surface area contributed by atoms with Gasteiger partial charge < -0.3 is 23.4 Å². The molecule has 3 aromatic carbocycles. The molecule has 0 amide bonds. The van der Waals surface area contributed by atoms with E-state index >= 15 is 0 Å². The Labute approximate surface area is 215 Å². The van der Waals surface area contributed by atoms with Crippen molar-refractivity contribution in [3.8, 4) is 39.9 Å². The van der Waals surface area contributed by atoms with Gasteiger partial charge in [-0.2, -0.15) is 0 Å². The van der Waals surface area contributed by atoms with E-state index in [9.17, 15) is 4.79 Å². The number of hydrogen-bond donors (Lipinski definition) is 0. The molecule has 0 saturated heterocycles. The lowest BCUT2D eigenvalue weighted by Gasteiger charge is -2.37. The second-order valence-electron chi connectivity index (χ2n) is 10.0. The topological polar surface area (TPSA) is 63.2 Å². The van der Waals surface area contributed by atoms with Crippen LogP contribution in [-0.2, 0) is 0 Å². The number of rotatable bonds is 9. The van der Waals surface area contributed by atoms with Gasteiger partial charge in [-0.25, -0.2) is 0 Å². The molecule has 3 aromatic rings. The molecular weight excluding hydrogens is 472 g/mol. The number of carbonyl (C=O) groups excluding carboxylic acids is 1. The van der Waals surface area contributed by atoms with E-state index in [0.717, 1.165) is 16.9 Å². The summed E-state index contributed by atoms with van der Waals surface area (Å²) in [6.45, 7) is 11.1. The number of carbonyl (C=O) groups is 1. The molecule has 0 aliphatic heterocycles. The molecule has 0 bridgehead atoms. The van der Waals surface area contributed by atoms with Gasteiger partial charge in [0.25, 0.3) is 8.32 Å². The fraction of sp³-hybridized carbons (Fsp3) is 0.345. The first-order chi connectivity index (χ1) is 17.0. The highest BCUT2D eigenvalue weighted by Crippen LogP contribution is 2.42. The third kappa shape index (κ3) is 5.36. The molecule has 0 saturated carbocycles. The standard InChI is InChI=1S/C29H36O6Si/c1-29(2,3)36(8,9)35-24-13-11-10-12-21(24)19-14-15-23(31-4)22(16-19)27(30)20-17-25(32-5)28(34-7)26(18-20)33-6/h10-18H,1-9H3. The first-order valence-corrected chi connectivity index (χ1v) is 14.7. The Morgan fingerprint density at radius 3 is 1.83 bits per heavy atom. The van der Waals surface area contributed by atoms with Gasteiger partial charge in [-0.1, -0.05) is 45.0 Å². The van der Waals surface area contributed by atoms with Gasteiger partial charge in [0.05, 0.1) is 34.0 Å². The third-order valence-electron chi connectivity index (χ3n) is 6.74. The molecule has 0 radical (unpaired) electrons. The maximum atomic E-state index is 13.7. The SMILES string of the molecule is COc1ccc(-c2ccccc2O[Si](C)(C)C(C)(C)C)cc1C(=O)c1cc(OC)c(OC)c(OC)c1. The molecule has 0 fully saturated rings. The molecule has 0 aliphatic carbocycles. The molecule has 0 atom stereocenters. The summed E-state index contributed by atoms with van der Waals surface area (Å²) in [6.07, 6.45) is 0. The highest BCUT2D eigenvalue weighted by atomic mass is 28.4. The van der Waals surface area contributed by atoms with Crippen LogP contribution in [0.25, 0.3) is 11.1 Å². The summed E-state index contributed by atoms with van der Waals surface area (Å²) in [6, 6.07) is 16.8. The van der Waals surface area contributed by atoms with Crippen LogP contribution in [0.1, 0.15) is 36.7 Å². The Balaban J connectivity index is 2.12. The minimum atomic E-state index is -2.08. The second-order valence-corrected chi connectivity index (χ2v) is 14.7. The van der Waals surface area contributed by atoms with E-state index in [1.807, 2.05) is 42.5 Å². The van der Waals surface area contributed by atoms with Gasteiger partial charge in [0.15, 0.2) is 17.3 Å². The van der Waals surface area contributed by atoms with Crippen molar-refractivity contribution < 1.29 is 28.2 Å². The second kappa shape index (κ2) is 10.7. The predicted molar refractivity (Wildman–Crippen MR) is 146 cm³/mol. The summed E-state index contributed by atoms with van der Waals surface area (Å²) in [5.41, 5.74) is 2.60. The van der Waals surface area contributed by atoms with Crippen LogP contribution < -0.4 is 23.4 Å². The van der Waals surface area contributed by atoms with Crippen molar-refractivity contribution in [1.29, 1.82) is 0 Å². The summed E-state index contributed by atoms with van der Waals surface area (Å²) < 4.78 is 28.5. The van der Waals surface area contributed by atoms with Crippen LogP contribution in [0.15, 0.2) is 54.6 Å². The number of methoxy groups -OCH3 is 4. The minimum Gasteiger partial charge on any atom is -0.543 e. The van der Waals surface area contributed by atoms with Gasteiger partial charge in [-0.05, 0) is 54.0 Å². The smallest absolute Gasteiger partial charge is 0.250 e. The molecule has 0 heterocycles. The lowest BCUT2D eigenvalue weighted by molar-refractivity contribution is 0.103. The van der Waals surface area contributed by atoms with Crippen LogP contribution in [0.4, 0.5) is 0 Å². The highest BCUT2D eigenvalue weighted by Gasteiger charge is 2.39. The third-order valence-corrected chi connectivity index (χ3v) is 11.1. The summed E-state index contributed by atoms with van der Waals surface area (Å²) in [7, 11) is 4.04. The summed E-state index contributed by atoms with van der Waals surface area (Å²) in [5.74, 6) is 2.29. The number of ether oxygens (including phenoxy) is 4. The molecule has 36 heavy (non-hydrogen) atoms. The van der Waals surface area contributed by atoms with Crippen molar-refractivity contribution in [2.45, 2.75) is 38.9 Å². The Bertz CT molecular complexity index is 1220. The zero-order valence-corrected chi connectivity index (χ0v) is 23.6. The summed E-state index contributed by atoms with van der Waals surface area (Å²) in [5, 5.41) is 0.0492. The van der Waals surface area contributed by atoms with Gasteiger partial charge in [-0.15, -0.1) is 0 Å². The van der Waals surface area contributed by atoms with E-state index in [1.54, 1.807) is 19.2 Å². The molecule has 3 rings (SSSR count). The fourth-order valence-electron chi connectivity index (χ4n) is 3.64. The molecule has 0 spiro atoms. The van der Waals surface area contributed by atoms with Crippen LogP contribution in [0.3, 0.4) is 0 Å². The van der Waals surface area contributed by atoms with Gasteiger partial charge in [-0.3, -0.25) is 4.79 Å². The molecule has 6 nitrogen and oxygen atoms in total. The number of benzene rings is 3. The van der Waals surface area contributed by atoms with Crippen LogP contribution in [-0.4, -0.2) is 42.5 Å². The Hall–Kier alpha value is -3.45. The van der Waals surface area contributed by atoms with Crippen molar-refractivity contribution >= 4 is 14.1 Å². The van der Waals surface area contributed by atoms with E-state index in [0.29, 0.717) is 34.1 Å². The number of hydrogen-bond acceptors (Lipinski definition) is 6. The van der Waals surface area contributed by atoms with Gasteiger partial charge in [0, 0.05) is 11.1 Å². The maximum absolute atomic E-state index is 13.7. The number of para-hydroxylation sites is 1. The van der Waals surface area contributed by atoms with Gasteiger partial charge >= 0.3 is 0 Å². The van der Waals surface area contributed by atoms with Crippen LogP contribution in [0.5, 0.6) is 28.7 Å². The molecule has 7 heteroatoms. The number of ketones is 1. The van der Waals surface area contributed by atoms with E-state index in [2.05, 4.69) is 33.9 Å². The Morgan fingerprint density at radius 2 is 1.31 bits per heavy atom. The monoisotopic (exact) mass is 508 g/mol. The van der Waals surface area contributed by atoms with Crippen LogP contribution in [0, 0.1) is 0 Å². The van der Waals surface area contributed by atoms with E-state index in [-0.39, 0.29) is 10.8 Å². The zero-order valence-electron chi connectivity index (χ0n) is 22.6.